The fourth-order valence-corrected chi connectivity index (χ4v) is 3.31. The number of anilines is 2. The van der Waals surface area contributed by atoms with Crippen LogP contribution in [0.25, 0.3) is 22.2 Å². The standard InChI is InChI=1S/C20H16ClN5/c21-15-7-3-1-5-13(15)17-11-18(14-6-2-4-8-16(14)22-17)23-20-24-19(25-26-20)12-9-10-12/h1-8,11-12H,9-10H2,(H2,22,23,24,25,26). The number of halogens is 1. The third kappa shape index (κ3) is 2.80. The van der Waals surface area contributed by atoms with E-state index in [9.17, 15) is 0 Å². The van der Waals surface area contributed by atoms with Crippen molar-refractivity contribution in [2.75, 3.05) is 5.32 Å². The van der Waals surface area contributed by atoms with Crippen LogP contribution in [0.5, 0.6) is 0 Å². The third-order valence-electron chi connectivity index (χ3n) is 4.58. The van der Waals surface area contributed by atoms with Crippen LogP contribution in [0.2, 0.25) is 5.02 Å². The predicted molar refractivity (Wildman–Crippen MR) is 104 cm³/mol. The van der Waals surface area contributed by atoms with E-state index in [1.54, 1.807) is 0 Å². The summed E-state index contributed by atoms with van der Waals surface area (Å²) < 4.78 is 0. The van der Waals surface area contributed by atoms with Crippen LogP contribution in [0.3, 0.4) is 0 Å². The molecule has 2 N–H and O–H groups in total. The summed E-state index contributed by atoms with van der Waals surface area (Å²) in [5.41, 5.74) is 3.52. The number of pyridine rings is 1. The van der Waals surface area contributed by atoms with Crippen molar-refractivity contribution >= 4 is 34.1 Å². The third-order valence-corrected chi connectivity index (χ3v) is 4.91. The van der Waals surface area contributed by atoms with E-state index in [0.29, 0.717) is 16.9 Å². The fraction of sp³-hybridized carbons (Fsp3) is 0.150. The van der Waals surface area contributed by atoms with Gasteiger partial charge in [0.15, 0.2) is 0 Å². The normalized spacial score (nSPS) is 13.9. The van der Waals surface area contributed by atoms with Crippen LogP contribution in [0, 0.1) is 0 Å². The van der Waals surface area contributed by atoms with Gasteiger partial charge in [0.25, 0.3) is 0 Å². The lowest BCUT2D eigenvalue weighted by molar-refractivity contribution is 0.935. The topological polar surface area (TPSA) is 66.5 Å². The largest absolute Gasteiger partial charge is 0.322 e. The Balaban J connectivity index is 1.61. The summed E-state index contributed by atoms with van der Waals surface area (Å²) >= 11 is 6.38. The molecule has 0 atom stereocenters. The van der Waals surface area contributed by atoms with Gasteiger partial charge in [0.2, 0.25) is 5.95 Å². The molecule has 1 aliphatic carbocycles. The number of fused-ring (bicyclic) bond motifs is 1. The average Bonchev–Trinajstić information content (AvgIpc) is 3.41. The first kappa shape index (κ1) is 15.3. The molecule has 1 saturated carbocycles. The summed E-state index contributed by atoms with van der Waals surface area (Å²) in [6.45, 7) is 0. The van der Waals surface area contributed by atoms with Gasteiger partial charge in [-0.15, -0.1) is 5.10 Å². The first-order valence-corrected chi connectivity index (χ1v) is 9.00. The van der Waals surface area contributed by atoms with Gasteiger partial charge in [-0.1, -0.05) is 48.0 Å². The smallest absolute Gasteiger partial charge is 0.246 e. The Labute approximate surface area is 155 Å². The number of aromatic amines is 1. The number of rotatable bonds is 4. The summed E-state index contributed by atoms with van der Waals surface area (Å²) in [5, 5.41) is 12.4. The molecule has 128 valence electrons. The molecule has 0 spiro atoms. The lowest BCUT2D eigenvalue weighted by Gasteiger charge is -2.11. The van der Waals surface area contributed by atoms with Crippen molar-refractivity contribution in [3.8, 4) is 11.3 Å². The maximum Gasteiger partial charge on any atom is 0.246 e. The molecule has 6 heteroatoms. The molecule has 26 heavy (non-hydrogen) atoms. The minimum Gasteiger partial charge on any atom is -0.322 e. The monoisotopic (exact) mass is 361 g/mol. The van der Waals surface area contributed by atoms with Gasteiger partial charge >= 0.3 is 0 Å². The van der Waals surface area contributed by atoms with Gasteiger partial charge in [0.05, 0.1) is 16.9 Å². The van der Waals surface area contributed by atoms with Crippen LogP contribution in [0.15, 0.2) is 54.6 Å². The second-order valence-corrected chi connectivity index (χ2v) is 6.90. The minimum atomic E-state index is 0.533. The van der Waals surface area contributed by atoms with Crippen LogP contribution in [0.1, 0.15) is 24.6 Å². The number of nitrogens with zero attached hydrogens (tertiary/aromatic N) is 3. The first-order valence-electron chi connectivity index (χ1n) is 8.62. The highest BCUT2D eigenvalue weighted by Crippen LogP contribution is 2.38. The Morgan fingerprint density at radius 3 is 2.65 bits per heavy atom. The van der Waals surface area contributed by atoms with Crippen LogP contribution in [0.4, 0.5) is 11.6 Å². The molecule has 1 aliphatic rings. The number of H-pyrrole nitrogens is 1. The second-order valence-electron chi connectivity index (χ2n) is 6.50. The van der Waals surface area contributed by atoms with Gasteiger partial charge in [-0.3, -0.25) is 5.10 Å². The van der Waals surface area contributed by atoms with Gasteiger partial charge in [0, 0.05) is 21.9 Å². The van der Waals surface area contributed by atoms with Crippen molar-refractivity contribution in [1.82, 2.24) is 20.2 Å². The Hall–Kier alpha value is -2.92. The number of benzene rings is 2. The van der Waals surface area contributed by atoms with Gasteiger partial charge in [-0.2, -0.15) is 4.98 Å². The summed E-state index contributed by atoms with van der Waals surface area (Å²) in [6.07, 6.45) is 2.37. The van der Waals surface area contributed by atoms with Crippen molar-refractivity contribution in [2.45, 2.75) is 18.8 Å². The van der Waals surface area contributed by atoms with E-state index in [-0.39, 0.29) is 0 Å². The second kappa shape index (κ2) is 6.11. The first-order chi connectivity index (χ1) is 12.8. The molecule has 2 aromatic carbocycles. The SMILES string of the molecule is Clc1ccccc1-c1cc(Nc2n[nH]c(C3CC3)n2)c2ccccc2n1. The molecule has 0 saturated heterocycles. The Morgan fingerprint density at radius 2 is 1.81 bits per heavy atom. The number of para-hydroxylation sites is 1. The molecule has 2 aromatic heterocycles. The molecule has 0 amide bonds. The molecular formula is C20H16ClN5. The van der Waals surface area contributed by atoms with Crippen molar-refractivity contribution in [3.05, 3.63) is 65.4 Å². The Bertz CT molecular complexity index is 1100. The van der Waals surface area contributed by atoms with E-state index in [1.165, 1.54) is 12.8 Å². The minimum absolute atomic E-state index is 0.533. The predicted octanol–water partition coefficient (Wildman–Crippen LogP) is 5.29. The molecule has 0 unspecified atom stereocenters. The van der Waals surface area contributed by atoms with E-state index in [2.05, 4.69) is 20.5 Å². The van der Waals surface area contributed by atoms with Crippen LogP contribution in [-0.4, -0.2) is 20.2 Å². The lowest BCUT2D eigenvalue weighted by atomic mass is 10.1. The van der Waals surface area contributed by atoms with E-state index >= 15 is 0 Å². The number of nitrogens with one attached hydrogen (secondary N) is 2. The van der Waals surface area contributed by atoms with Crippen LogP contribution < -0.4 is 5.32 Å². The van der Waals surface area contributed by atoms with E-state index in [1.807, 2.05) is 54.6 Å². The molecule has 2 heterocycles. The quantitative estimate of drug-likeness (QED) is 0.518. The number of hydrogen-bond acceptors (Lipinski definition) is 4. The highest BCUT2D eigenvalue weighted by atomic mass is 35.5. The van der Waals surface area contributed by atoms with Crippen molar-refractivity contribution in [2.24, 2.45) is 0 Å². The molecule has 5 nitrogen and oxygen atoms in total. The van der Waals surface area contributed by atoms with Gasteiger partial charge < -0.3 is 5.32 Å². The van der Waals surface area contributed by atoms with E-state index in [0.717, 1.165) is 33.7 Å². The highest BCUT2D eigenvalue weighted by molar-refractivity contribution is 6.33. The van der Waals surface area contributed by atoms with Crippen molar-refractivity contribution in [3.63, 3.8) is 0 Å². The molecule has 5 rings (SSSR count). The van der Waals surface area contributed by atoms with Crippen LogP contribution in [-0.2, 0) is 0 Å². The summed E-state index contributed by atoms with van der Waals surface area (Å²) in [4.78, 5) is 9.35. The lowest BCUT2D eigenvalue weighted by Crippen LogP contribution is -1.97. The molecule has 0 bridgehead atoms. The molecule has 0 aliphatic heterocycles. The van der Waals surface area contributed by atoms with Crippen molar-refractivity contribution in [1.29, 1.82) is 0 Å². The van der Waals surface area contributed by atoms with Gasteiger partial charge in [-0.25, -0.2) is 4.98 Å². The zero-order valence-corrected chi connectivity index (χ0v) is 14.7. The molecule has 4 aromatic rings. The molecule has 1 fully saturated rings. The van der Waals surface area contributed by atoms with Gasteiger partial charge in [-0.05, 0) is 31.0 Å². The zero-order chi connectivity index (χ0) is 17.5. The summed E-state index contributed by atoms with van der Waals surface area (Å²) in [7, 11) is 0. The van der Waals surface area contributed by atoms with Gasteiger partial charge in [0.1, 0.15) is 5.82 Å². The Morgan fingerprint density at radius 1 is 1.00 bits per heavy atom. The molecular weight excluding hydrogens is 346 g/mol. The average molecular weight is 362 g/mol. The zero-order valence-electron chi connectivity index (χ0n) is 13.9. The number of aromatic nitrogens is 4. The number of hydrogen-bond donors (Lipinski definition) is 2. The highest BCUT2D eigenvalue weighted by Gasteiger charge is 2.27. The van der Waals surface area contributed by atoms with Crippen molar-refractivity contribution < 1.29 is 0 Å². The van der Waals surface area contributed by atoms with E-state index < -0.39 is 0 Å². The summed E-state index contributed by atoms with van der Waals surface area (Å²) in [6, 6.07) is 17.7. The summed E-state index contributed by atoms with van der Waals surface area (Å²) in [5.74, 6) is 2.07. The maximum absolute atomic E-state index is 6.38. The Kier molecular flexibility index (Phi) is 3.60. The maximum atomic E-state index is 6.38. The fourth-order valence-electron chi connectivity index (χ4n) is 3.08. The van der Waals surface area contributed by atoms with E-state index in [4.69, 9.17) is 16.6 Å². The molecule has 0 radical (unpaired) electrons. The van der Waals surface area contributed by atoms with Crippen LogP contribution >= 0.6 is 11.6 Å².